The number of anilines is 1. The maximum atomic E-state index is 14.7. The molecule has 0 unspecified atom stereocenters. The number of alkyl halides is 1. The van der Waals surface area contributed by atoms with E-state index >= 15 is 0 Å². The van der Waals surface area contributed by atoms with Crippen LogP contribution in [0, 0.1) is 5.82 Å². The molecule has 0 fully saturated rings. The van der Waals surface area contributed by atoms with Gasteiger partial charge in [0.15, 0.2) is 0 Å². The van der Waals surface area contributed by atoms with E-state index in [1.165, 1.54) is 6.07 Å². The van der Waals surface area contributed by atoms with Crippen LogP contribution in [0.15, 0.2) is 21.5 Å². The third-order valence-corrected chi connectivity index (χ3v) is 8.75. The first-order chi connectivity index (χ1) is 14.3. The number of halogens is 2. The van der Waals surface area contributed by atoms with Gasteiger partial charge in [0.05, 0.1) is 9.73 Å². The highest BCUT2D eigenvalue weighted by molar-refractivity contribution is 7.95. The van der Waals surface area contributed by atoms with E-state index in [4.69, 9.17) is 10.5 Å². The van der Waals surface area contributed by atoms with Gasteiger partial charge in [-0.3, -0.25) is 10.3 Å². The summed E-state index contributed by atoms with van der Waals surface area (Å²) in [6.45, 7) is 6.04. The second kappa shape index (κ2) is 7.99. The molecule has 3 N–H and O–H groups in total. The molecule has 172 valence electrons. The third-order valence-electron chi connectivity index (χ3n) is 5.58. The Labute approximate surface area is 181 Å². The minimum absolute atomic E-state index is 0.00261. The van der Waals surface area contributed by atoms with Gasteiger partial charge in [-0.2, -0.15) is 0 Å². The SMILES string of the molecule is CC(C)(C)OC(=O)NC1=N[C@](CF)(c2nc(N)ccc2F)CC[S@]2(=O)=NCCC[C@]12C. The molecule has 1 aromatic heterocycles. The van der Waals surface area contributed by atoms with Gasteiger partial charge in [-0.05, 0) is 59.1 Å². The number of nitrogen functional groups attached to an aromatic ring is 1. The van der Waals surface area contributed by atoms with E-state index in [2.05, 4.69) is 19.7 Å². The summed E-state index contributed by atoms with van der Waals surface area (Å²) in [5.41, 5.74) is 2.84. The summed E-state index contributed by atoms with van der Waals surface area (Å²) in [5, 5.41) is 2.57. The molecule has 3 rings (SSSR count). The van der Waals surface area contributed by atoms with E-state index in [9.17, 15) is 17.8 Å². The van der Waals surface area contributed by atoms with E-state index in [0.717, 1.165) is 6.07 Å². The van der Waals surface area contributed by atoms with E-state index < -0.39 is 44.2 Å². The first kappa shape index (κ1) is 23.4. The number of hydrogen-bond donors (Lipinski definition) is 2. The van der Waals surface area contributed by atoms with Crippen molar-refractivity contribution in [1.29, 1.82) is 0 Å². The molecular weight excluding hydrogens is 428 g/mol. The predicted octanol–water partition coefficient (Wildman–Crippen LogP) is 3.32. The van der Waals surface area contributed by atoms with Crippen LogP contribution >= 0.6 is 0 Å². The highest BCUT2D eigenvalue weighted by Gasteiger charge is 2.51. The van der Waals surface area contributed by atoms with Crippen molar-refractivity contribution < 1.29 is 22.5 Å². The van der Waals surface area contributed by atoms with Gasteiger partial charge in [0.1, 0.15) is 45.7 Å². The molecule has 11 heteroatoms. The lowest BCUT2D eigenvalue weighted by atomic mass is 9.92. The van der Waals surface area contributed by atoms with E-state index in [-0.39, 0.29) is 29.5 Å². The smallest absolute Gasteiger partial charge is 0.413 e. The number of nitrogens with two attached hydrogens (primary N) is 1. The zero-order chi connectivity index (χ0) is 23.1. The first-order valence-electron chi connectivity index (χ1n) is 10.1. The molecule has 0 bridgehead atoms. The largest absolute Gasteiger partial charge is 0.444 e. The minimum Gasteiger partial charge on any atom is -0.444 e. The molecule has 2 aliphatic rings. The number of amidine groups is 1. The zero-order valence-corrected chi connectivity index (χ0v) is 19.0. The van der Waals surface area contributed by atoms with Crippen molar-refractivity contribution in [2.24, 2.45) is 9.36 Å². The molecule has 0 aliphatic carbocycles. The Morgan fingerprint density at radius 3 is 2.71 bits per heavy atom. The number of aliphatic imine (C=N–C) groups is 1. The Morgan fingerprint density at radius 2 is 2.06 bits per heavy atom. The molecule has 0 radical (unpaired) electrons. The van der Waals surface area contributed by atoms with Crippen molar-refractivity contribution >= 4 is 27.5 Å². The number of rotatable bonds is 2. The Bertz CT molecular complexity index is 1030. The molecule has 8 nitrogen and oxygen atoms in total. The summed E-state index contributed by atoms with van der Waals surface area (Å²) in [7, 11) is -2.94. The maximum absolute atomic E-state index is 14.7. The Balaban J connectivity index is 2.20. The van der Waals surface area contributed by atoms with Crippen molar-refractivity contribution in [3.05, 3.63) is 23.6 Å². The van der Waals surface area contributed by atoms with Gasteiger partial charge in [-0.1, -0.05) is 0 Å². The highest BCUT2D eigenvalue weighted by Crippen LogP contribution is 2.41. The molecule has 2 aliphatic heterocycles. The van der Waals surface area contributed by atoms with Gasteiger partial charge in [0.25, 0.3) is 0 Å². The van der Waals surface area contributed by atoms with Crippen molar-refractivity contribution in [3.63, 3.8) is 0 Å². The van der Waals surface area contributed by atoms with Gasteiger partial charge < -0.3 is 10.5 Å². The second-order valence-corrected chi connectivity index (χ2v) is 11.9. The fourth-order valence-corrected chi connectivity index (χ4v) is 6.63. The average molecular weight is 458 g/mol. The summed E-state index contributed by atoms with van der Waals surface area (Å²) in [5.74, 6) is -0.835. The van der Waals surface area contributed by atoms with Gasteiger partial charge in [-0.25, -0.2) is 27.1 Å². The lowest BCUT2D eigenvalue weighted by Crippen LogP contribution is -2.54. The topological polar surface area (TPSA) is 119 Å². The van der Waals surface area contributed by atoms with Crippen LogP contribution in [0.5, 0.6) is 0 Å². The fourth-order valence-electron chi connectivity index (χ4n) is 3.86. The lowest BCUT2D eigenvalue weighted by molar-refractivity contribution is 0.0560. The Hall–Kier alpha value is -2.30. The standard InChI is InChI=1S/C20H29F2N5O3S/c1-18(2,3)30-17(28)26-16-19(4)8-5-10-24-31(19,29)11-9-20(12-21,27-16)15-13(22)6-7-14(23)25-15/h6-7H,5,8-12H2,1-4H3,(H2,23,25)(H,26,27,28)/t19-,20-,31-/m1/s1. The Morgan fingerprint density at radius 1 is 1.35 bits per heavy atom. The van der Waals surface area contributed by atoms with Crippen molar-refractivity contribution in [3.8, 4) is 0 Å². The number of hydrogen-bond acceptors (Lipinski definition) is 7. The van der Waals surface area contributed by atoms with Crippen LogP contribution in [0.1, 0.15) is 52.7 Å². The molecule has 3 atom stereocenters. The number of aromatic nitrogens is 1. The van der Waals surface area contributed by atoms with Crippen LogP contribution in [0.3, 0.4) is 0 Å². The number of carbonyl (C=O) groups excluding carboxylic acids is 1. The third kappa shape index (κ3) is 4.37. The van der Waals surface area contributed by atoms with Gasteiger partial charge in [-0.15, -0.1) is 0 Å². The fraction of sp³-hybridized carbons (Fsp3) is 0.650. The highest BCUT2D eigenvalue weighted by atomic mass is 32.2. The molecule has 0 saturated heterocycles. The van der Waals surface area contributed by atoms with E-state index in [1.54, 1.807) is 27.7 Å². The number of fused-ring (bicyclic) bond motifs is 1. The summed E-state index contributed by atoms with van der Waals surface area (Å²) in [6.07, 6.45) is 0.110. The molecular formula is C20H29F2N5O3S. The van der Waals surface area contributed by atoms with Crippen molar-refractivity contribution in [2.75, 3.05) is 24.7 Å². The van der Waals surface area contributed by atoms with Crippen LogP contribution in [0.25, 0.3) is 0 Å². The van der Waals surface area contributed by atoms with E-state index in [1.807, 2.05) is 0 Å². The number of nitrogens with zero attached hydrogens (tertiary/aromatic N) is 3. The minimum atomic E-state index is -2.94. The van der Waals surface area contributed by atoms with E-state index in [0.29, 0.717) is 19.4 Å². The van der Waals surface area contributed by atoms with Gasteiger partial charge >= 0.3 is 6.09 Å². The van der Waals surface area contributed by atoms with Gasteiger partial charge in [0.2, 0.25) is 0 Å². The molecule has 3 heterocycles. The number of amides is 1. The number of pyridine rings is 1. The maximum Gasteiger partial charge on any atom is 0.413 e. The number of ether oxygens (including phenoxy) is 1. The van der Waals surface area contributed by atoms with Crippen molar-refractivity contribution in [1.82, 2.24) is 10.3 Å². The summed E-state index contributed by atoms with van der Waals surface area (Å²) in [6, 6.07) is 2.36. The molecule has 1 amide bonds. The van der Waals surface area contributed by atoms with Crippen LogP contribution in [0.2, 0.25) is 0 Å². The molecule has 0 aromatic carbocycles. The second-order valence-electron chi connectivity index (χ2n) is 9.10. The average Bonchev–Trinajstić information content (AvgIpc) is 2.76. The first-order valence-corrected chi connectivity index (χ1v) is 11.8. The van der Waals surface area contributed by atoms with Gasteiger partial charge in [0, 0.05) is 12.3 Å². The summed E-state index contributed by atoms with van der Waals surface area (Å²) < 4.78 is 51.8. The molecule has 0 spiro atoms. The van der Waals surface area contributed by atoms with Crippen LogP contribution in [-0.2, 0) is 20.0 Å². The molecule has 0 saturated carbocycles. The normalized spacial score (nSPS) is 31.0. The number of alkyl carbamates (subject to hydrolysis) is 1. The predicted molar refractivity (Wildman–Crippen MR) is 116 cm³/mol. The van der Waals surface area contributed by atoms with Crippen LogP contribution < -0.4 is 11.1 Å². The quantitative estimate of drug-likeness (QED) is 0.706. The van der Waals surface area contributed by atoms with Crippen LogP contribution in [0.4, 0.5) is 19.4 Å². The number of carbonyl (C=O) groups is 1. The molecule has 1 aromatic rings. The van der Waals surface area contributed by atoms with Crippen LogP contribution in [-0.4, -0.2) is 50.4 Å². The Kier molecular flexibility index (Phi) is 6.03. The molecule has 31 heavy (non-hydrogen) atoms. The summed E-state index contributed by atoms with van der Waals surface area (Å²) in [4.78, 5) is 21.1. The monoisotopic (exact) mass is 457 g/mol. The number of nitrogens with one attached hydrogen (secondary N) is 1. The zero-order valence-electron chi connectivity index (χ0n) is 18.2. The van der Waals surface area contributed by atoms with Crippen molar-refractivity contribution in [2.45, 2.75) is 62.8 Å². The summed E-state index contributed by atoms with van der Waals surface area (Å²) >= 11 is 0. The lowest BCUT2D eigenvalue weighted by Gasteiger charge is -2.35.